The average Bonchev–Trinajstić information content (AvgIpc) is 2.36. The molecule has 0 saturated carbocycles. The summed E-state index contributed by atoms with van der Waals surface area (Å²) >= 11 is 17.4. The molecular weight excluding hydrogens is 385 g/mol. The summed E-state index contributed by atoms with van der Waals surface area (Å²) < 4.78 is 24.9. The van der Waals surface area contributed by atoms with E-state index in [0.717, 1.165) is 19.4 Å². The summed E-state index contributed by atoms with van der Waals surface area (Å²) in [5.41, 5.74) is 0.868. The Kier molecular flexibility index (Phi) is 6.64. The predicted molar refractivity (Wildman–Crippen MR) is 90.4 cm³/mol. The van der Waals surface area contributed by atoms with Gasteiger partial charge in [0, 0.05) is 0 Å². The third kappa shape index (κ3) is 5.43. The fourth-order valence-electron chi connectivity index (χ4n) is 2.03. The molecule has 1 rings (SSSR count). The second-order valence-corrected chi connectivity index (χ2v) is 9.24. The van der Waals surface area contributed by atoms with Gasteiger partial charge >= 0.3 is 0 Å². The van der Waals surface area contributed by atoms with Gasteiger partial charge < -0.3 is 0 Å². The Labute approximate surface area is 150 Å². The highest BCUT2D eigenvalue weighted by Gasteiger charge is 2.45. The van der Waals surface area contributed by atoms with Crippen LogP contribution in [0.1, 0.15) is 19.4 Å². The standard InChI is InChI=1S/C14H16Cl3NO4S/c1-8-4-6-11(7-5-8)23(21,22)18-13(14(15,16)17)12(9(2)19)10(3)20/h4-7,12-13,18H,1-3H3. The number of carbonyl (C=O) groups is 2. The van der Waals surface area contributed by atoms with Crippen molar-refractivity contribution in [3.05, 3.63) is 29.8 Å². The van der Waals surface area contributed by atoms with Gasteiger partial charge in [-0.15, -0.1) is 0 Å². The third-order valence-electron chi connectivity index (χ3n) is 3.18. The molecule has 0 fully saturated rings. The molecule has 1 N–H and O–H groups in total. The van der Waals surface area contributed by atoms with Gasteiger partial charge in [-0.3, -0.25) is 9.59 Å². The van der Waals surface area contributed by atoms with E-state index in [1.165, 1.54) is 12.1 Å². The van der Waals surface area contributed by atoms with Crippen molar-refractivity contribution in [1.82, 2.24) is 4.72 Å². The van der Waals surface area contributed by atoms with Crippen molar-refractivity contribution in [3.8, 4) is 0 Å². The lowest BCUT2D eigenvalue weighted by Crippen LogP contribution is -2.52. The van der Waals surface area contributed by atoms with E-state index in [-0.39, 0.29) is 4.90 Å². The van der Waals surface area contributed by atoms with Crippen LogP contribution in [0.3, 0.4) is 0 Å². The highest BCUT2D eigenvalue weighted by Crippen LogP contribution is 2.35. The topological polar surface area (TPSA) is 80.3 Å². The van der Waals surface area contributed by atoms with Crippen LogP contribution in [0.4, 0.5) is 0 Å². The molecule has 1 aromatic carbocycles. The molecule has 0 heterocycles. The molecule has 0 aliphatic heterocycles. The van der Waals surface area contributed by atoms with Crippen molar-refractivity contribution < 1.29 is 18.0 Å². The highest BCUT2D eigenvalue weighted by atomic mass is 35.6. The van der Waals surface area contributed by atoms with Crippen LogP contribution < -0.4 is 4.72 Å². The molecule has 1 atom stereocenters. The summed E-state index contributed by atoms with van der Waals surface area (Å²) in [5.74, 6) is -2.59. The van der Waals surface area contributed by atoms with E-state index >= 15 is 0 Å². The minimum absolute atomic E-state index is 0.0618. The van der Waals surface area contributed by atoms with Crippen molar-refractivity contribution in [2.45, 2.75) is 35.5 Å². The number of ketones is 2. The number of nitrogens with one attached hydrogen (secondary N) is 1. The van der Waals surface area contributed by atoms with Gasteiger partial charge in [0.2, 0.25) is 13.8 Å². The van der Waals surface area contributed by atoms with E-state index in [1.54, 1.807) is 19.1 Å². The zero-order valence-corrected chi connectivity index (χ0v) is 15.7. The van der Waals surface area contributed by atoms with E-state index in [1.807, 2.05) is 0 Å². The summed E-state index contributed by atoms with van der Waals surface area (Å²) in [6.07, 6.45) is 0. The van der Waals surface area contributed by atoms with Crippen LogP contribution in [0.2, 0.25) is 0 Å². The van der Waals surface area contributed by atoms with Gasteiger partial charge in [-0.05, 0) is 32.9 Å². The Hall–Kier alpha value is -0.660. The van der Waals surface area contributed by atoms with Gasteiger partial charge in [-0.25, -0.2) is 13.1 Å². The Balaban J connectivity index is 3.27. The van der Waals surface area contributed by atoms with Crippen LogP contribution in [-0.2, 0) is 19.6 Å². The maximum absolute atomic E-state index is 12.4. The number of alkyl halides is 3. The fourth-order valence-corrected chi connectivity index (χ4v) is 4.05. The molecule has 0 radical (unpaired) electrons. The summed E-state index contributed by atoms with van der Waals surface area (Å²) in [4.78, 5) is 23.4. The molecule has 5 nitrogen and oxygen atoms in total. The zero-order chi connectivity index (χ0) is 18.0. The first-order valence-electron chi connectivity index (χ1n) is 6.53. The van der Waals surface area contributed by atoms with Gasteiger partial charge in [-0.2, -0.15) is 0 Å². The summed E-state index contributed by atoms with van der Waals surface area (Å²) in [6.45, 7) is 4.07. The van der Waals surface area contributed by atoms with Crippen molar-refractivity contribution in [3.63, 3.8) is 0 Å². The van der Waals surface area contributed by atoms with Gasteiger partial charge in [0.05, 0.1) is 16.9 Å². The van der Waals surface area contributed by atoms with Gasteiger partial charge in [0.25, 0.3) is 0 Å². The molecule has 0 aromatic heterocycles. The number of carbonyl (C=O) groups excluding carboxylic acids is 2. The number of sulfonamides is 1. The van der Waals surface area contributed by atoms with Gasteiger partial charge in [-0.1, -0.05) is 52.5 Å². The minimum Gasteiger partial charge on any atom is -0.299 e. The SMILES string of the molecule is CC(=O)C(C(C)=O)C(NS(=O)(=O)c1ccc(C)cc1)C(Cl)(Cl)Cl. The monoisotopic (exact) mass is 399 g/mol. The number of hydrogen-bond acceptors (Lipinski definition) is 4. The van der Waals surface area contributed by atoms with Crippen LogP contribution in [-0.4, -0.2) is 29.8 Å². The van der Waals surface area contributed by atoms with E-state index < -0.39 is 37.3 Å². The average molecular weight is 401 g/mol. The molecule has 1 unspecified atom stereocenters. The normalized spacial score (nSPS) is 13.9. The molecule has 0 saturated heterocycles. The van der Waals surface area contributed by atoms with E-state index in [4.69, 9.17) is 34.8 Å². The number of halogens is 3. The largest absolute Gasteiger partial charge is 0.299 e. The quantitative estimate of drug-likeness (QED) is 0.588. The molecular formula is C14H16Cl3NO4S. The maximum atomic E-state index is 12.4. The lowest BCUT2D eigenvalue weighted by molar-refractivity contribution is -0.131. The van der Waals surface area contributed by atoms with Crippen molar-refractivity contribution in [1.29, 1.82) is 0 Å². The van der Waals surface area contributed by atoms with Crippen molar-refractivity contribution in [2.24, 2.45) is 5.92 Å². The zero-order valence-electron chi connectivity index (χ0n) is 12.6. The fraction of sp³-hybridized carbons (Fsp3) is 0.429. The van der Waals surface area contributed by atoms with Crippen LogP contribution in [0.15, 0.2) is 29.2 Å². The van der Waals surface area contributed by atoms with Crippen LogP contribution in [0.5, 0.6) is 0 Å². The minimum atomic E-state index is -4.08. The van der Waals surface area contributed by atoms with Crippen molar-refractivity contribution in [2.75, 3.05) is 0 Å². The van der Waals surface area contributed by atoms with E-state index in [0.29, 0.717) is 0 Å². The Bertz CT molecular complexity index is 682. The number of Topliss-reactive ketones (excluding diaryl/α,β-unsaturated/α-hetero) is 2. The second-order valence-electron chi connectivity index (χ2n) is 5.15. The third-order valence-corrected chi connectivity index (χ3v) is 5.34. The smallest absolute Gasteiger partial charge is 0.240 e. The lowest BCUT2D eigenvalue weighted by atomic mass is 9.93. The summed E-state index contributed by atoms with van der Waals surface area (Å²) in [5, 5.41) is 0. The second kappa shape index (κ2) is 7.49. The molecule has 9 heteroatoms. The van der Waals surface area contributed by atoms with Crippen LogP contribution in [0.25, 0.3) is 0 Å². The molecule has 1 aromatic rings. The molecule has 0 bridgehead atoms. The van der Waals surface area contributed by atoms with E-state index in [9.17, 15) is 18.0 Å². The number of aryl methyl sites for hydroxylation is 1. The van der Waals surface area contributed by atoms with E-state index in [2.05, 4.69) is 4.72 Å². The first kappa shape index (κ1) is 20.4. The molecule has 0 amide bonds. The lowest BCUT2D eigenvalue weighted by Gasteiger charge is -2.30. The van der Waals surface area contributed by atoms with Crippen molar-refractivity contribution >= 4 is 56.4 Å². The molecule has 0 spiro atoms. The van der Waals surface area contributed by atoms with Crippen LogP contribution in [0, 0.1) is 12.8 Å². The number of hydrogen-bond donors (Lipinski definition) is 1. The number of rotatable bonds is 6. The molecule has 0 aliphatic carbocycles. The van der Waals surface area contributed by atoms with Crippen LogP contribution >= 0.6 is 34.8 Å². The summed E-state index contributed by atoms with van der Waals surface area (Å²) in [7, 11) is -4.08. The Morgan fingerprint density at radius 2 is 1.48 bits per heavy atom. The molecule has 128 valence electrons. The molecule has 23 heavy (non-hydrogen) atoms. The highest BCUT2D eigenvalue weighted by molar-refractivity contribution is 7.89. The first-order valence-corrected chi connectivity index (χ1v) is 9.14. The maximum Gasteiger partial charge on any atom is 0.240 e. The first-order chi connectivity index (χ1) is 10.4. The van der Waals surface area contributed by atoms with Gasteiger partial charge in [0.15, 0.2) is 0 Å². The number of benzene rings is 1. The molecule has 0 aliphatic rings. The predicted octanol–water partition coefficient (Wildman–Crippen LogP) is 2.81. The Morgan fingerprint density at radius 1 is 1.04 bits per heavy atom. The summed E-state index contributed by atoms with van der Waals surface area (Å²) in [6, 6.07) is 4.44. The Morgan fingerprint density at radius 3 is 1.83 bits per heavy atom. The van der Waals surface area contributed by atoms with Gasteiger partial charge in [0.1, 0.15) is 11.6 Å².